The molecule has 5 nitrogen and oxygen atoms in total. The molecule has 3 atom stereocenters. The number of hydrogen-bond acceptors (Lipinski definition) is 4. The summed E-state index contributed by atoms with van der Waals surface area (Å²) in [7, 11) is 0. The number of carbonyl (C=O) groups is 2. The van der Waals surface area contributed by atoms with Crippen molar-refractivity contribution in [1.29, 1.82) is 0 Å². The van der Waals surface area contributed by atoms with Gasteiger partial charge in [0, 0.05) is 23.7 Å². The van der Waals surface area contributed by atoms with Gasteiger partial charge in [0.2, 0.25) is 11.8 Å². The third kappa shape index (κ3) is 5.16. The smallest absolute Gasteiger partial charge is 0.244 e. The normalized spacial score (nSPS) is 22.0. The lowest BCUT2D eigenvalue weighted by Gasteiger charge is -2.36. The molecule has 1 heterocycles. The number of benzene rings is 1. The zero-order chi connectivity index (χ0) is 17.7. The first-order valence-corrected chi connectivity index (χ1v) is 9.40. The molecule has 24 heavy (non-hydrogen) atoms. The maximum absolute atomic E-state index is 12.8. The number of rotatable bonds is 6. The van der Waals surface area contributed by atoms with Crippen molar-refractivity contribution in [3.8, 4) is 0 Å². The van der Waals surface area contributed by atoms with Crippen LogP contribution in [0.1, 0.15) is 27.2 Å². The van der Waals surface area contributed by atoms with E-state index in [1.165, 1.54) is 18.2 Å². The van der Waals surface area contributed by atoms with Crippen LogP contribution >= 0.6 is 11.8 Å². The number of piperidine rings is 1. The van der Waals surface area contributed by atoms with Gasteiger partial charge in [-0.15, -0.1) is 11.8 Å². The van der Waals surface area contributed by atoms with Crippen LogP contribution in [0.5, 0.6) is 0 Å². The molecule has 3 N–H and O–H groups in total. The van der Waals surface area contributed by atoms with Crippen molar-refractivity contribution in [2.24, 2.45) is 17.6 Å². The van der Waals surface area contributed by atoms with Gasteiger partial charge >= 0.3 is 0 Å². The van der Waals surface area contributed by atoms with Crippen molar-refractivity contribution in [1.82, 2.24) is 4.90 Å². The topological polar surface area (TPSA) is 75.4 Å². The summed E-state index contributed by atoms with van der Waals surface area (Å²) < 4.78 is 0. The number of para-hydroxylation sites is 1. The molecule has 1 saturated heterocycles. The Morgan fingerprint density at radius 2 is 1.92 bits per heavy atom. The fraction of sp³-hybridized carbons (Fsp3) is 0.556. The third-order valence-corrected chi connectivity index (χ3v) is 5.28. The van der Waals surface area contributed by atoms with E-state index in [-0.39, 0.29) is 23.6 Å². The second-order valence-corrected chi connectivity index (χ2v) is 7.82. The van der Waals surface area contributed by atoms with Crippen LogP contribution in [-0.4, -0.2) is 41.6 Å². The molecule has 1 aromatic carbocycles. The summed E-state index contributed by atoms with van der Waals surface area (Å²) in [6.07, 6.45) is 1.18. The number of thioether (sulfide) groups is 1. The Hall–Kier alpha value is -1.69. The molecule has 0 aliphatic carbocycles. The van der Waals surface area contributed by atoms with Gasteiger partial charge in [0.25, 0.3) is 0 Å². The number of primary amides is 1. The Morgan fingerprint density at radius 3 is 2.54 bits per heavy atom. The Labute approximate surface area is 148 Å². The lowest BCUT2D eigenvalue weighted by molar-refractivity contribution is -0.134. The van der Waals surface area contributed by atoms with Crippen LogP contribution in [0.15, 0.2) is 29.2 Å². The minimum Gasteiger partial charge on any atom is -0.373 e. The summed E-state index contributed by atoms with van der Waals surface area (Å²) in [6.45, 7) is 7.94. The summed E-state index contributed by atoms with van der Waals surface area (Å²) in [5.74, 6) is 1.09. The molecule has 0 radical (unpaired) electrons. The summed E-state index contributed by atoms with van der Waals surface area (Å²) in [5.41, 5.74) is 6.09. The number of nitrogens with two attached hydrogens (primary N) is 1. The van der Waals surface area contributed by atoms with E-state index >= 15 is 0 Å². The second kappa shape index (κ2) is 8.42. The highest BCUT2D eigenvalue weighted by Crippen LogP contribution is 2.28. The van der Waals surface area contributed by atoms with E-state index < -0.39 is 0 Å². The minimum absolute atomic E-state index is 0.128. The van der Waals surface area contributed by atoms with Crippen LogP contribution in [0.3, 0.4) is 0 Å². The fourth-order valence-electron chi connectivity index (χ4n) is 3.27. The molecule has 1 aliphatic heterocycles. The van der Waals surface area contributed by atoms with Crippen LogP contribution < -0.4 is 11.1 Å². The van der Waals surface area contributed by atoms with Gasteiger partial charge < -0.3 is 16.0 Å². The number of anilines is 1. The number of likely N-dealkylation sites (tertiary alicyclic amines) is 1. The molecule has 2 amide bonds. The lowest BCUT2D eigenvalue weighted by Crippen LogP contribution is -2.48. The second-order valence-electron chi connectivity index (χ2n) is 6.81. The molecule has 0 saturated carbocycles. The first-order valence-electron chi connectivity index (χ1n) is 8.42. The number of hydrogen-bond donors (Lipinski definition) is 2. The van der Waals surface area contributed by atoms with E-state index in [9.17, 15) is 9.59 Å². The van der Waals surface area contributed by atoms with Gasteiger partial charge in [-0.25, -0.2) is 0 Å². The molecular formula is C18H27N3O2S. The van der Waals surface area contributed by atoms with Gasteiger partial charge in [0.15, 0.2) is 0 Å². The largest absolute Gasteiger partial charge is 0.373 e. The minimum atomic E-state index is -0.352. The molecule has 0 aromatic heterocycles. The van der Waals surface area contributed by atoms with Crippen molar-refractivity contribution < 1.29 is 9.59 Å². The van der Waals surface area contributed by atoms with Crippen molar-refractivity contribution >= 4 is 29.3 Å². The highest BCUT2D eigenvalue weighted by molar-refractivity contribution is 8.00. The standard InChI is InChI=1S/C18H27N3O2S/c1-12-8-13(2)10-21(9-12)18(23)14(3)20-15-6-4-5-7-16(15)24-11-17(19)22/h4-7,12-14,20H,8-11H2,1-3H3,(H2,19,22)/t12-,13-,14-/m1/s1. The van der Waals surface area contributed by atoms with Crippen LogP contribution in [-0.2, 0) is 9.59 Å². The zero-order valence-electron chi connectivity index (χ0n) is 14.6. The van der Waals surface area contributed by atoms with Crippen LogP contribution in [0.2, 0.25) is 0 Å². The van der Waals surface area contributed by atoms with Crippen molar-refractivity contribution in [2.45, 2.75) is 38.1 Å². The third-order valence-electron chi connectivity index (χ3n) is 4.18. The number of carbonyl (C=O) groups excluding carboxylic acids is 2. The molecule has 0 spiro atoms. The number of amides is 2. The SMILES string of the molecule is C[C@@H]1C[C@@H](C)CN(C(=O)[C@@H](C)Nc2ccccc2SCC(N)=O)C1. The van der Waals surface area contributed by atoms with Crippen molar-refractivity contribution in [3.05, 3.63) is 24.3 Å². The molecule has 1 aliphatic rings. The van der Waals surface area contributed by atoms with E-state index in [0.717, 1.165) is 23.7 Å². The Balaban J connectivity index is 2.02. The van der Waals surface area contributed by atoms with E-state index in [0.29, 0.717) is 11.8 Å². The first kappa shape index (κ1) is 18.6. The predicted molar refractivity (Wildman–Crippen MR) is 99.0 cm³/mol. The van der Waals surface area contributed by atoms with E-state index in [2.05, 4.69) is 19.2 Å². The molecule has 0 unspecified atom stereocenters. The first-order chi connectivity index (χ1) is 11.4. The Bertz CT molecular complexity index is 583. The van der Waals surface area contributed by atoms with Crippen molar-refractivity contribution in [3.63, 3.8) is 0 Å². The molecule has 6 heteroatoms. The fourth-order valence-corrected chi connectivity index (χ4v) is 4.03. The summed E-state index contributed by atoms with van der Waals surface area (Å²) in [4.78, 5) is 26.7. The van der Waals surface area contributed by atoms with Gasteiger partial charge in [0.05, 0.1) is 5.75 Å². The average molecular weight is 350 g/mol. The van der Waals surface area contributed by atoms with Gasteiger partial charge in [-0.3, -0.25) is 9.59 Å². The molecular weight excluding hydrogens is 322 g/mol. The summed E-state index contributed by atoms with van der Waals surface area (Å²) >= 11 is 1.38. The Morgan fingerprint density at radius 1 is 1.29 bits per heavy atom. The van der Waals surface area contributed by atoms with Gasteiger partial charge in [-0.1, -0.05) is 26.0 Å². The number of nitrogens with zero attached hydrogens (tertiary/aromatic N) is 1. The summed E-state index contributed by atoms with van der Waals surface area (Å²) in [6, 6.07) is 7.37. The molecule has 1 aromatic rings. The summed E-state index contributed by atoms with van der Waals surface area (Å²) in [5, 5.41) is 3.30. The molecule has 132 valence electrons. The van der Waals surface area contributed by atoms with Crippen molar-refractivity contribution in [2.75, 3.05) is 24.2 Å². The van der Waals surface area contributed by atoms with E-state index in [4.69, 9.17) is 5.73 Å². The maximum Gasteiger partial charge on any atom is 0.244 e. The van der Waals surface area contributed by atoms with E-state index in [1.807, 2.05) is 36.1 Å². The average Bonchev–Trinajstić information content (AvgIpc) is 2.52. The van der Waals surface area contributed by atoms with Crippen LogP contribution in [0.25, 0.3) is 0 Å². The molecule has 1 fully saturated rings. The quantitative estimate of drug-likeness (QED) is 0.774. The van der Waals surface area contributed by atoms with Gasteiger partial charge in [0.1, 0.15) is 6.04 Å². The number of nitrogens with one attached hydrogen (secondary N) is 1. The maximum atomic E-state index is 12.8. The van der Waals surface area contributed by atoms with Crippen LogP contribution in [0.4, 0.5) is 5.69 Å². The monoisotopic (exact) mass is 349 g/mol. The predicted octanol–water partition coefficient (Wildman–Crippen LogP) is 2.57. The highest BCUT2D eigenvalue weighted by atomic mass is 32.2. The van der Waals surface area contributed by atoms with Crippen LogP contribution in [0, 0.1) is 11.8 Å². The Kier molecular flexibility index (Phi) is 6.54. The lowest BCUT2D eigenvalue weighted by atomic mass is 9.91. The molecule has 0 bridgehead atoms. The van der Waals surface area contributed by atoms with E-state index in [1.54, 1.807) is 0 Å². The van der Waals surface area contributed by atoms with Gasteiger partial charge in [-0.05, 0) is 37.3 Å². The van der Waals surface area contributed by atoms with Gasteiger partial charge in [-0.2, -0.15) is 0 Å². The zero-order valence-corrected chi connectivity index (χ0v) is 15.4. The molecule has 2 rings (SSSR count). The highest BCUT2D eigenvalue weighted by Gasteiger charge is 2.28.